The number of halogens is 1. The van der Waals surface area contributed by atoms with Crippen molar-refractivity contribution in [3.63, 3.8) is 0 Å². The van der Waals surface area contributed by atoms with Crippen LogP contribution in [0, 0.1) is 0 Å². The van der Waals surface area contributed by atoms with Gasteiger partial charge in [-0.2, -0.15) is 4.31 Å². The van der Waals surface area contributed by atoms with Crippen molar-refractivity contribution < 1.29 is 13.2 Å². The highest BCUT2D eigenvalue weighted by Gasteiger charge is 2.40. The highest BCUT2D eigenvalue weighted by Crippen LogP contribution is 2.29. The topological polar surface area (TPSA) is 69.7 Å². The van der Waals surface area contributed by atoms with Gasteiger partial charge in [-0.05, 0) is 44.2 Å². The summed E-state index contributed by atoms with van der Waals surface area (Å²) in [7, 11) is -1.67. The van der Waals surface area contributed by atoms with Crippen LogP contribution in [0.25, 0.3) is 0 Å². The fourth-order valence-electron chi connectivity index (χ4n) is 3.59. The van der Waals surface area contributed by atoms with Gasteiger partial charge in [-0.3, -0.25) is 4.79 Å². The van der Waals surface area contributed by atoms with Crippen LogP contribution in [-0.2, 0) is 14.8 Å². The van der Waals surface area contributed by atoms with Crippen LogP contribution in [0.5, 0.6) is 0 Å². The summed E-state index contributed by atoms with van der Waals surface area (Å²) < 4.78 is 27.6. The Balaban J connectivity index is 0.00000225. The highest BCUT2D eigenvalue weighted by molar-refractivity contribution is 7.91. The molecule has 0 spiro atoms. The van der Waals surface area contributed by atoms with E-state index in [2.05, 4.69) is 5.32 Å². The summed E-state index contributed by atoms with van der Waals surface area (Å²) >= 11 is 1.21. The Bertz CT molecular complexity index is 666. The second kappa shape index (κ2) is 8.81. The van der Waals surface area contributed by atoms with Crippen molar-refractivity contribution in [1.29, 1.82) is 0 Å². The molecule has 2 unspecified atom stereocenters. The summed E-state index contributed by atoms with van der Waals surface area (Å²) in [5.74, 6) is -0.0326. The monoisotopic (exact) mass is 407 g/mol. The lowest BCUT2D eigenvalue weighted by Gasteiger charge is -2.39. The van der Waals surface area contributed by atoms with Crippen molar-refractivity contribution >= 4 is 39.7 Å². The number of likely N-dealkylation sites (N-methyl/N-ethyl adjacent to an activating group) is 1. The smallest absolute Gasteiger partial charge is 0.253 e. The van der Waals surface area contributed by atoms with Gasteiger partial charge in [0.15, 0.2) is 0 Å². The summed E-state index contributed by atoms with van der Waals surface area (Å²) in [6.07, 6.45) is 4.34. The fraction of sp³-hybridized carbons (Fsp3) is 0.688. The van der Waals surface area contributed by atoms with E-state index in [0.717, 1.165) is 32.2 Å². The van der Waals surface area contributed by atoms with E-state index in [0.29, 0.717) is 29.8 Å². The Kier molecular flexibility index (Phi) is 7.28. The maximum Gasteiger partial charge on any atom is 0.253 e. The Morgan fingerprint density at radius 2 is 2.04 bits per heavy atom. The number of piperidine rings is 2. The second-order valence-corrected chi connectivity index (χ2v) is 9.54. The van der Waals surface area contributed by atoms with Crippen LogP contribution in [0.3, 0.4) is 0 Å². The van der Waals surface area contributed by atoms with Gasteiger partial charge in [0.2, 0.25) is 5.91 Å². The molecule has 1 aromatic heterocycles. The number of carbonyl (C=O) groups is 1. The van der Waals surface area contributed by atoms with Crippen LogP contribution in [0.1, 0.15) is 32.1 Å². The summed E-state index contributed by atoms with van der Waals surface area (Å²) in [5, 5.41) is 4.99. The molecule has 142 valence electrons. The van der Waals surface area contributed by atoms with Gasteiger partial charge < -0.3 is 10.2 Å². The van der Waals surface area contributed by atoms with Crippen molar-refractivity contribution in [3.8, 4) is 0 Å². The molecule has 1 N–H and O–H groups in total. The number of hydrogen-bond donors (Lipinski definition) is 1. The first-order valence-electron chi connectivity index (χ1n) is 8.55. The minimum Gasteiger partial charge on any atom is -0.340 e. The molecule has 1 amide bonds. The zero-order valence-corrected chi connectivity index (χ0v) is 16.8. The van der Waals surface area contributed by atoms with E-state index in [1.54, 1.807) is 17.5 Å². The van der Waals surface area contributed by atoms with E-state index >= 15 is 0 Å². The van der Waals surface area contributed by atoms with Crippen LogP contribution < -0.4 is 5.32 Å². The van der Waals surface area contributed by atoms with E-state index in [9.17, 15) is 13.2 Å². The Hall–Kier alpha value is -0.670. The second-order valence-electron chi connectivity index (χ2n) is 6.47. The number of nitrogens with one attached hydrogen (secondary N) is 1. The van der Waals surface area contributed by atoms with Crippen molar-refractivity contribution in [3.05, 3.63) is 17.5 Å². The molecule has 2 aliphatic rings. The number of thiophene rings is 1. The average Bonchev–Trinajstić information content (AvgIpc) is 3.16. The Morgan fingerprint density at radius 1 is 1.24 bits per heavy atom. The molecule has 2 saturated heterocycles. The van der Waals surface area contributed by atoms with Crippen LogP contribution in [0.4, 0.5) is 0 Å². The SMILES string of the molecule is CNC1CCCN(C(=O)C2CCCCN2S(=O)(=O)c2cccs2)C1.Cl. The molecule has 3 rings (SSSR count). The van der Waals surface area contributed by atoms with Crippen LogP contribution in [0.15, 0.2) is 21.7 Å². The fourth-order valence-corrected chi connectivity index (χ4v) is 6.36. The minimum absolute atomic E-state index is 0. The van der Waals surface area contributed by atoms with Crippen molar-refractivity contribution in [1.82, 2.24) is 14.5 Å². The lowest BCUT2D eigenvalue weighted by atomic mass is 10.0. The minimum atomic E-state index is -3.58. The molecule has 25 heavy (non-hydrogen) atoms. The maximum atomic E-state index is 13.0. The zero-order chi connectivity index (χ0) is 17.2. The Morgan fingerprint density at radius 3 is 2.72 bits per heavy atom. The van der Waals surface area contributed by atoms with E-state index in [1.807, 2.05) is 11.9 Å². The van der Waals surface area contributed by atoms with E-state index in [1.165, 1.54) is 15.6 Å². The van der Waals surface area contributed by atoms with E-state index in [-0.39, 0.29) is 18.3 Å². The molecule has 3 heterocycles. The molecule has 2 aliphatic heterocycles. The summed E-state index contributed by atoms with van der Waals surface area (Å²) in [4.78, 5) is 14.9. The normalized spacial score (nSPS) is 25.4. The van der Waals surface area contributed by atoms with Crippen molar-refractivity contribution in [2.24, 2.45) is 0 Å². The molecule has 0 aromatic carbocycles. The van der Waals surface area contributed by atoms with Crippen LogP contribution >= 0.6 is 23.7 Å². The zero-order valence-electron chi connectivity index (χ0n) is 14.4. The largest absolute Gasteiger partial charge is 0.340 e. The first kappa shape index (κ1) is 20.6. The number of likely N-dealkylation sites (tertiary alicyclic amines) is 1. The van der Waals surface area contributed by atoms with E-state index < -0.39 is 16.1 Å². The predicted octanol–water partition coefficient (Wildman–Crippen LogP) is 1.92. The number of amides is 1. The molecular weight excluding hydrogens is 382 g/mol. The van der Waals surface area contributed by atoms with Crippen LogP contribution in [-0.4, -0.2) is 62.3 Å². The predicted molar refractivity (Wildman–Crippen MR) is 102 cm³/mol. The number of carbonyl (C=O) groups excluding carboxylic acids is 1. The average molecular weight is 408 g/mol. The van der Waals surface area contributed by atoms with Gasteiger partial charge in [0.1, 0.15) is 10.3 Å². The first-order valence-corrected chi connectivity index (χ1v) is 10.9. The number of hydrogen-bond acceptors (Lipinski definition) is 5. The van der Waals surface area contributed by atoms with Crippen LogP contribution in [0.2, 0.25) is 0 Å². The summed E-state index contributed by atoms with van der Waals surface area (Å²) in [6, 6.07) is 3.10. The Labute approximate surface area is 160 Å². The maximum absolute atomic E-state index is 13.0. The molecule has 2 fully saturated rings. The third-order valence-electron chi connectivity index (χ3n) is 4.94. The molecule has 2 atom stereocenters. The van der Waals surface area contributed by atoms with Gasteiger partial charge in [0.05, 0.1) is 0 Å². The van der Waals surface area contributed by atoms with Gasteiger partial charge in [0, 0.05) is 25.7 Å². The van der Waals surface area contributed by atoms with Crippen molar-refractivity contribution in [2.45, 2.75) is 48.4 Å². The van der Waals surface area contributed by atoms with E-state index in [4.69, 9.17) is 0 Å². The van der Waals surface area contributed by atoms with Gasteiger partial charge in [-0.1, -0.05) is 12.5 Å². The summed E-state index contributed by atoms with van der Waals surface area (Å²) in [6.45, 7) is 1.82. The number of rotatable bonds is 4. The molecule has 1 aromatic rings. The standard InChI is InChI=1S/C16H25N3O3S2.ClH/c1-17-13-6-4-9-18(12-13)16(20)14-7-2-3-10-19(14)24(21,22)15-8-5-11-23-15;/h5,8,11,13-14,17H,2-4,6-7,9-10,12H2,1H3;1H. The van der Waals surface area contributed by atoms with Gasteiger partial charge in [-0.25, -0.2) is 8.42 Å². The third-order valence-corrected chi connectivity index (χ3v) is 8.22. The molecule has 0 bridgehead atoms. The lowest BCUT2D eigenvalue weighted by molar-refractivity contribution is -0.137. The highest BCUT2D eigenvalue weighted by atomic mass is 35.5. The van der Waals surface area contributed by atoms with Gasteiger partial charge >= 0.3 is 0 Å². The molecule has 9 heteroatoms. The molecular formula is C16H26ClN3O3S2. The first-order chi connectivity index (χ1) is 11.5. The quantitative estimate of drug-likeness (QED) is 0.827. The number of sulfonamides is 1. The third kappa shape index (κ3) is 4.36. The van der Waals surface area contributed by atoms with Crippen molar-refractivity contribution in [2.75, 3.05) is 26.7 Å². The van der Waals surface area contributed by atoms with Gasteiger partial charge in [-0.15, -0.1) is 23.7 Å². The molecule has 6 nitrogen and oxygen atoms in total. The van der Waals surface area contributed by atoms with Gasteiger partial charge in [0.25, 0.3) is 10.0 Å². The summed E-state index contributed by atoms with van der Waals surface area (Å²) in [5.41, 5.74) is 0. The molecule has 0 aliphatic carbocycles. The molecule has 0 radical (unpaired) electrons. The number of nitrogens with zero attached hydrogens (tertiary/aromatic N) is 2. The lowest BCUT2D eigenvalue weighted by Crippen LogP contribution is -2.56. The molecule has 0 saturated carbocycles.